The molecule has 3 rings (SSSR count). The molecule has 138 valence electrons. The summed E-state index contributed by atoms with van der Waals surface area (Å²) in [5, 5.41) is 15.1. The monoisotopic (exact) mass is 380 g/mol. The second kappa shape index (κ2) is 7.35. The number of carbonyl (C=O) groups is 1. The third-order valence-electron chi connectivity index (χ3n) is 3.57. The molecular weight excluding hydrogens is 365 g/mol. The molecule has 3 N–H and O–H groups in total. The van der Waals surface area contributed by atoms with Crippen molar-refractivity contribution in [3.63, 3.8) is 0 Å². The van der Waals surface area contributed by atoms with Crippen LogP contribution in [0.1, 0.15) is 35.1 Å². The van der Waals surface area contributed by atoms with Crippen LogP contribution >= 0.6 is 12.4 Å². The zero-order valence-corrected chi connectivity index (χ0v) is 13.9. The van der Waals surface area contributed by atoms with E-state index in [0.717, 1.165) is 24.1 Å². The number of aryl methyl sites for hydroxylation is 1. The van der Waals surface area contributed by atoms with Crippen molar-refractivity contribution in [2.24, 2.45) is 0 Å². The Morgan fingerprint density at radius 1 is 1.40 bits per heavy atom. The lowest BCUT2D eigenvalue weighted by atomic mass is 10.2. The van der Waals surface area contributed by atoms with Crippen molar-refractivity contribution in [3.05, 3.63) is 17.5 Å². The fraction of sp³-hybridized carbons (Fsp3) is 0.583. The Bertz CT molecular complexity index is 737. The molecule has 1 saturated heterocycles. The minimum atomic E-state index is -4.64. The zero-order chi connectivity index (χ0) is 17.3. The number of halogens is 4. The van der Waals surface area contributed by atoms with E-state index in [1.165, 1.54) is 6.92 Å². The average molecular weight is 381 g/mol. The standard InChI is InChI=1S/C12H15F3N8O.ClH/c1-6-18-8(9(24)17-5-7-3-2-4-16-7)22-23(6)11-19-10(20-21-11)12(13,14)15;/h7,16H,2-5H2,1H3,(H,17,24)(H,19,20,21);1H. The summed E-state index contributed by atoms with van der Waals surface area (Å²) < 4.78 is 38.6. The molecule has 25 heavy (non-hydrogen) atoms. The van der Waals surface area contributed by atoms with Crippen molar-refractivity contribution in [2.75, 3.05) is 13.1 Å². The highest BCUT2D eigenvalue weighted by atomic mass is 35.5. The molecule has 0 aromatic carbocycles. The van der Waals surface area contributed by atoms with Crippen molar-refractivity contribution >= 4 is 18.3 Å². The summed E-state index contributed by atoms with van der Waals surface area (Å²) in [7, 11) is 0. The number of alkyl halides is 3. The van der Waals surface area contributed by atoms with E-state index in [9.17, 15) is 18.0 Å². The van der Waals surface area contributed by atoms with E-state index in [1.54, 1.807) is 5.10 Å². The lowest BCUT2D eigenvalue weighted by Crippen LogP contribution is -2.37. The highest BCUT2D eigenvalue weighted by molar-refractivity contribution is 5.90. The number of hydrogen-bond donors (Lipinski definition) is 3. The molecule has 1 amide bonds. The van der Waals surface area contributed by atoms with Gasteiger partial charge in [0.25, 0.3) is 11.9 Å². The van der Waals surface area contributed by atoms with Gasteiger partial charge in [-0.3, -0.25) is 9.89 Å². The van der Waals surface area contributed by atoms with E-state index < -0.39 is 17.9 Å². The predicted octanol–water partition coefficient (Wildman–Crippen LogP) is 0.616. The van der Waals surface area contributed by atoms with Crippen LogP contribution in [0.25, 0.3) is 5.95 Å². The molecule has 1 unspecified atom stereocenters. The highest BCUT2D eigenvalue weighted by Crippen LogP contribution is 2.26. The maximum atomic E-state index is 12.6. The van der Waals surface area contributed by atoms with Gasteiger partial charge in [0, 0.05) is 12.6 Å². The van der Waals surface area contributed by atoms with Crippen LogP contribution in [0.5, 0.6) is 0 Å². The predicted molar refractivity (Wildman–Crippen MR) is 81.6 cm³/mol. The number of carbonyl (C=O) groups excluding carboxylic acids is 1. The molecule has 1 atom stereocenters. The third kappa shape index (κ3) is 4.25. The largest absolute Gasteiger partial charge is 0.451 e. The molecule has 0 bridgehead atoms. The molecular formula is C12H16ClF3N8O. The van der Waals surface area contributed by atoms with Crippen LogP contribution in [-0.4, -0.2) is 55.0 Å². The van der Waals surface area contributed by atoms with Gasteiger partial charge in [0.1, 0.15) is 5.82 Å². The normalized spacial score (nSPS) is 17.4. The quantitative estimate of drug-likeness (QED) is 0.716. The summed E-state index contributed by atoms with van der Waals surface area (Å²) in [4.78, 5) is 19.3. The van der Waals surface area contributed by atoms with Crippen molar-refractivity contribution in [1.82, 2.24) is 40.6 Å². The summed E-state index contributed by atoms with van der Waals surface area (Å²) in [6.45, 7) is 2.84. The van der Waals surface area contributed by atoms with Crippen LogP contribution in [0.3, 0.4) is 0 Å². The second-order valence-electron chi connectivity index (χ2n) is 5.38. The minimum absolute atomic E-state index is 0. The Morgan fingerprint density at radius 3 is 2.76 bits per heavy atom. The van der Waals surface area contributed by atoms with Crippen LogP contribution in [0.2, 0.25) is 0 Å². The molecule has 1 fully saturated rings. The number of amides is 1. The summed E-state index contributed by atoms with van der Waals surface area (Å²) in [6, 6.07) is 0.208. The number of H-pyrrole nitrogens is 1. The van der Waals surface area contributed by atoms with Gasteiger partial charge in [-0.05, 0) is 26.3 Å². The smallest absolute Gasteiger partial charge is 0.348 e. The molecule has 2 aromatic heterocycles. The third-order valence-corrected chi connectivity index (χ3v) is 3.57. The number of rotatable bonds is 4. The van der Waals surface area contributed by atoms with Crippen molar-refractivity contribution in [2.45, 2.75) is 32.0 Å². The van der Waals surface area contributed by atoms with Crippen molar-refractivity contribution in [3.8, 4) is 5.95 Å². The van der Waals surface area contributed by atoms with Crippen LogP contribution in [0.15, 0.2) is 0 Å². The number of nitrogens with one attached hydrogen (secondary N) is 3. The highest BCUT2D eigenvalue weighted by Gasteiger charge is 2.35. The molecule has 13 heteroatoms. The molecule has 0 saturated carbocycles. The zero-order valence-electron chi connectivity index (χ0n) is 13.1. The first-order valence-electron chi connectivity index (χ1n) is 7.30. The van der Waals surface area contributed by atoms with Gasteiger partial charge in [-0.1, -0.05) is 0 Å². The first kappa shape index (κ1) is 19.1. The van der Waals surface area contributed by atoms with E-state index in [2.05, 4.69) is 30.8 Å². The van der Waals surface area contributed by atoms with Crippen molar-refractivity contribution in [1.29, 1.82) is 0 Å². The summed E-state index contributed by atoms with van der Waals surface area (Å²) >= 11 is 0. The molecule has 3 heterocycles. The first-order valence-corrected chi connectivity index (χ1v) is 7.30. The van der Waals surface area contributed by atoms with Gasteiger partial charge in [0.05, 0.1) is 0 Å². The number of aromatic amines is 1. The van der Waals surface area contributed by atoms with Gasteiger partial charge in [0.15, 0.2) is 0 Å². The number of nitrogens with zero attached hydrogens (tertiary/aromatic N) is 5. The first-order chi connectivity index (χ1) is 11.3. The Kier molecular flexibility index (Phi) is 5.62. The van der Waals surface area contributed by atoms with Crippen LogP contribution < -0.4 is 10.6 Å². The van der Waals surface area contributed by atoms with Gasteiger partial charge in [-0.2, -0.15) is 22.8 Å². The van der Waals surface area contributed by atoms with Crippen LogP contribution in [0.4, 0.5) is 13.2 Å². The lowest BCUT2D eigenvalue weighted by Gasteiger charge is -2.09. The van der Waals surface area contributed by atoms with E-state index in [1.807, 2.05) is 0 Å². The lowest BCUT2D eigenvalue weighted by molar-refractivity contribution is -0.144. The fourth-order valence-corrected chi connectivity index (χ4v) is 2.38. The molecule has 1 aliphatic rings. The molecule has 0 spiro atoms. The number of hydrogen-bond acceptors (Lipinski definition) is 6. The van der Waals surface area contributed by atoms with E-state index >= 15 is 0 Å². The number of aromatic nitrogens is 6. The molecule has 1 aliphatic heterocycles. The van der Waals surface area contributed by atoms with Gasteiger partial charge in [-0.15, -0.1) is 22.6 Å². The van der Waals surface area contributed by atoms with Gasteiger partial charge in [-0.25, -0.2) is 4.98 Å². The Balaban J connectivity index is 0.00000225. The summed E-state index contributed by atoms with van der Waals surface area (Å²) in [5.74, 6) is -2.03. The van der Waals surface area contributed by atoms with Crippen LogP contribution in [0, 0.1) is 6.92 Å². The maximum absolute atomic E-state index is 12.6. The summed E-state index contributed by atoms with van der Waals surface area (Å²) in [6.07, 6.45) is -2.62. The van der Waals surface area contributed by atoms with Gasteiger partial charge in [0.2, 0.25) is 11.6 Å². The topological polar surface area (TPSA) is 113 Å². The Labute approximate surface area is 146 Å². The Morgan fingerprint density at radius 2 is 2.16 bits per heavy atom. The maximum Gasteiger partial charge on any atom is 0.451 e. The van der Waals surface area contributed by atoms with E-state index in [0.29, 0.717) is 6.54 Å². The second-order valence-corrected chi connectivity index (χ2v) is 5.38. The SMILES string of the molecule is Cc1nc(C(=O)NCC2CCCN2)nn1-c1n[nH]c(C(F)(F)F)n1.Cl. The van der Waals surface area contributed by atoms with Crippen molar-refractivity contribution < 1.29 is 18.0 Å². The van der Waals surface area contributed by atoms with Gasteiger partial charge < -0.3 is 10.6 Å². The fourth-order valence-electron chi connectivity index (χ4n) is 2.38. The van der Waals surface area contributed by atoms with Gasteiger partial charge >= 0.3 is 6.18 Å². The Hall–Kier alpha value is -2.21. The minimum Gasteiger partial charge on any atom is -0.348 e. The van der Waals surface area contributed by atoms with Crippen LogP contribution in [-0.2, 0) is 6.18 Å². The molecule has 2 aromatic rings. The summed E-state index contributed by atoms with van der Waals surface area (Å²) in [5.41, 5.74) is 0. The van der Waals surface area contributed by atoms with E-state index in [4.69, 9.17) is 0 Å². The molecule has 0 radical (unpaired) electrons. The average Bonchev–Trinajstić information content (AvgIpc) is 3.24. The molecule has 9 nitrogen and oxygen atoms in total. The molecule has 0 aliphatic carbocycles. The van der Waals surface area contributed by atoms with E-state index in [-0.39, 0.29) is 36.0 Å².